The minimum absolute atomic E-state index is 0.0659. The molecule has 0 aromatic carbocycles. The lowest BCUT2D eigenvalue weighted by Crippen LogP contribution is -2.21. The minimum Gasteiger partial charge on any atom is -0.374 e. The number of carbonyl (C=O) groups is 1. The molecule has 0 N–H and O–H groups in total. The molecule has 26 heavy (non-hydrogen) atoms. The zero-order valence-electron chi connectivity index (χ0n) is 17.8. The van der Waals surface area contributed by atoms with E-state index in [-0.39, 0.29) is 5.78 Å². The van der Waals surface area contributed by atoms with Crippen LogP contribution in [0.4, 0.5) is 0 Å². The predicted octanol–water partition coefficient (Wildman–Crippen LogP) is 6.08. The van der Waals surface area contributed by atoms with Crippen molar-refractivity contribution in [1.82, 2.24) is 4.90 Å². The number of unbranched alkanes of at least 4 members (excludes halogenated alkanes) is 1. The third-order valence-corrected chi connectivity index (χ3v) is 5.02. The van der Waals surface area contributed by atoms with Gasteiger partial charge in [-0.1, -0.05) is 46.3 Å². The predicted molar refractivity (Wildman–Crippen MR) is 114 cm³/mol. The van der Waals surface area contributed by atoms with E-state index in [1.54, 1.807) is 6.92 Å². The quantitative estimate of drug-likeness (QED) is 0.240. The Bertz CT molecular complexity index is 591. The maximum atomic E-state index is 12.4. The average Bonchev–Trinajstić information content (AvgIpc) is 3.45. The monoisotopic (exact) mass is 358 g/mol. The Hall–Kier alpha value is -1.64. The standard InChI is InChI=1S/C23H38N2O/c1-8-11-13-21(16-25(7)17(4)10-3)18(5)23(19(6)26)24-22(12-9-2)20-14-15-20/h13,20H,4,8-12,14-16H2,1-3,5-7H3/b21-13+,23-18+,24-22?. The second-order valence-corrected chi connectivity index (χ2v) is 7.45. The first kappa shape index (κ1) is 22.4. The number of hydrogen-bond donors (Lipinski definition) is 0. The highest BCUT2D eigenvalue weighted by Crippen LogP contribution is 2.33. The third kappa shape index (κ3) is 6.93. The number of likely N-dealkylation sites (N-methyl/N-ethyl adjacent to an activating group) is 1. The molecule has 1 saturated carbocycles. The van der Waals surface area contributed by atoms with Crippen molar-refractivity contribution in [1.29, 1.82) is 0 Å². The second-order valence-electron chi connectivity index (χ2n) is 7.45. The lowest BCUT2D eigenvalue weighted by molar-refractivity contribution is -0.113. The van der Waals surface area contributed by atoms with Crippen molar-refractivity contribution in [2.75, 3.05) is 13.6 Å². The van der Waals surface area contributed by atoms with Crippen LogP contribution >= 0.6 is 0 Å². The molecule has 3 nitrogen and oxygen atoms in total. The van der Waals surface area contributed by atoms with Crippen LogP contribution < -0.4 is 0 Å². The molecule has 0 atom stereocenters. The molecule has 1 aliphatic carbocycles. The van der Waals surface area contributed by atoms with Crippen molar-refractivity contribution in [3.05, 3.63) is 35.2 Å². The zero-order chi connectivity index (χ0) is 19.7. The van der Waals surface area contributed by atoms with Crippen molar-refractivity contribution in [3.8, 4) is 0 Å². The molecule has 1 fully saturated rings. The fourth-order valence-electron chi connectivity index (χ4n) is 3.04. The number of carbonyl (C=O) groups excluding carboxylic acids is 1. The van der Waals surface area contributed by atoms with E-state index in [2.05, 4.69) is 52.3 Å². The van der Waals surface area contributed by atoms with Crippen LogP contribution in [0.15, 0.2) is 40.2 Å². The largest absolute Gasteiger partial charge is 0.374 e. The van der Waals surface area contributed by atoms with E-state index in [1.165, 1.54) is 24.1 Å². The Labute approximate surface area is 161 Å². The molecule has 0 spiro atoms. The highest BCUT2D eigenvalue weighted by Gasteiger charge is 2.27. The van der Waals surface area contributed by atoms with Gasteiger partial charge in [-0.3, -0.25) is 9.79 Å². The first-order valence-corrected chi connectivity index (χ1v) is 10.2. The van der Waals surface area contributed by atoms with Crippen LogP contribution in [-0.4, -0.2) is 30.0 Å². The van der Waals surface area contributed by atoms with Gasteiger partial charge in [0.15, 0.2) is 5.78 Å². The molecule has 0 saturated heterocycles. The Morgan fingerprint density at radius 2 is 1.85 bits per heavy atom. The summed E-state index contributed by atoms with van der Waals surface area (Å²) in [6.45, 7) is 15.1. The van der Waals surface area contributed by atoms with Crippen LogP contribution in [0, 0.1) is 5.92 Å². The Balaban J connectivity index is 3.25. The topological polar surface area (TPSA) is 32.7 Å². The number of ketones is 1. The van der Waals surface area contributed by atoms with E-state index in [4.69, 9.17) is 4.99 Å². The van der Waals surface area contributed by atoms with Gasteiger partial charge in [-0.2, -0.15) is 0 Å². The molecule has 146 valence electrons. The smallest absolute Gasteiger partial charge is 0.178 e. The van der Waals surface area contributed by atoms with Crippen LogP contribution in [0.2, 0.25) is 0 Å². The number of allylic oxidation sites excluding steroid dienone is 3. The van der Waals surface area contributed by atoms with Gasteiger partial charge in [0.2, 0.25) is 0 Å². The zero-order valence-corrected chi connectivity index (χ0v) is 17.8. The van der Waals surface area contributed by atoms with Gasteiger partial charge in [0.1, 0.15) is 5.70 Å². The summed E-state index contributed by atoms with van der Waals surface area (Å²) >= 11 is 0. The van der Waals surface area contributed by atoms with Gasteiger partial charge < -0.3 is 4.90 Å². The van der Waals surface area contributed by atoms with E-state index < -0.39 is 0 Å². The maximum absolute atomic E-state index is 12.4. The molecular formula is C23H38N2O. The summed E-state index contributed by atoms with van der Waals surface area (Å²) in [7, 11) is 2.07. The first-order valence-electron chi connectivity index (χ1n) is 10.2. The summed E-state index contributed by atoms with van der Waals surface area (Å²) < 4.78 is 0. The van der Waals surface area contributed by atoms with E-state index >= 15 is 0 Å². The molecule has 0 aromatic rings. The molecule has 0 aromatic heterocycles. The molecule has 0 bridgehead atoms. The van der Waals surface area contributed by atoms with Crippen molar-refractivity contribution < 1.29 is 4.79 Å². The van der Waals surface area contributed by atoms with Crippen molar-refractivity contribution in [3.63, 3.8) is 0 Å². The van der Waals surface area contributed by atoms with Gasteiger partial charge >= 0.3 is 0 Å². The fourth-order valence-corrected chi connectivity index (χ4v) is 3.04. The van der Waals surface area contributed by atoms with E-state index in [0.29, 0.717) is 11.6 Å². The molecule has 3 heteroatoms. The molecule has 0 unspecified atom stereocenters. The van der Waals surface area contributed by atoms with Gasteiger partial charge in [-0.15, -0.1) is 0 Å². The van der Waals surface area contributed by atoms with Crippen LogP contribution in [0.5, 0.6) is 0 Å². The first-order chi connectivity index (χ1) is 12.3. The van der Waals surface area contributed by atoms with Gasteiger partial charge in [0.05, 0.1) is 0 Å². The number of Topliss-reactive ketones (excluding diaryl/α,β-unsaturated/α-hetero) is 1. The summed E-state index contributed by atoms with van der Waals surface area (Å²) in [5.41, 5.74) is 5.20. The Morgan fingerprint density at radius 1 is 1.19 bits per heavy atom. The summed E-state index contributed by atoms with van der Waals surface area (Å²) in [4.78, 5) is 19.5. The van der Waals surface area contributed by atoms with Gasteiger partial charge in [-0.05, 0) is 56.1 Å². The molecule has 0 radical (unpaired) electrons. The van der Waals surface area contributed by atoms with Crippen molar-refractivity contribution >= 4 is 11.5 Å². The fraction of sp³-hybridized carbons (Fsp3) is 0.652. The van der Waals surface area contributed by atoms with Crippen LogP contribution in [0.3, 0.4) is 0 Å². The average molecular weight is 359 g/mol. The van der Waals surface area contributed by atoms with Crippen molar-refractivity contribution in [2.24, 2.45) is 10.9 Å². The molecule has 0 aliphatic heterocycles. The van der Waals surface area contributed by atoms with E-state index in [9.17, 15) is 4.79 Å². The third-order valence-electron chi connectivity index (χ3n) is 5.02. The molecule has 1 aliphatic rings. The lowest BCUT2D eigenvalue weighted by Gasteiger charge is -2.23. The summed E-state index contributed by atoms with van der Waals surface area (Å²) in [6.07, 6.45) is 9.83. The number of nitrogens with zero attached hydrogens (tertiary/aromatic N) is 2. The Kier molecular flexibility index (Phi) is 9.61. The molecular weight excluding hydrogens is 320 g/mol. The number of aliphatic imine (C=N–C) groups is 1. The highest BCUT2D eigenvalue weighted by atomic mass is 16.1. The van der Waals surface area contributed by atoms with Gasteiger partial charge in [0.25, 0.3) is 0 Å². The molecule has 0 heterocycles. The summed E-state index contributed by atoms with van der Waals surface area (Å²) in [6, 6.07) is 0. The number of hydrogen-bond acceptors (Lipinski definition) is 3. The maximum Gasteiger partial charge on any atom is 0.178 e. The second kappa shape index (κ2) is 11.2. The van der Waals surface area contributed by atoms with Gasteiger partial charge in [0, 0.05) is 31.9 Å². The van der Waals surface area contributed by atoms with Crippen LogP contribution in [0.25, 0.3) is 0 Å². The van der Waals surface area contributed by atoms with Crippen molar-refractivity contribution in [2.45, 2.75) is 79.6 Å². The summed E-state index contributed by atoms with van der Waals surface area (Å²) in [5, 5.41) is 0. The SMILES string of the molecule is C=C(CC)N(C)CC(=C\CCC)/C(C)=C(/N=C(CCC)C1CC1)C(C)=O. The Morgan fingerprint density at radius 3 is 2.31 bits per heavy atom. The normalized spacial score (nSPS) is 16.4. The van der Waals surface area contributed by atoms with Crippen LogP contribution in [-0.2, 0) is 4.79 Å². The molecule has 0 amide bonds. The molecule has 1 rings (SSSR count). The number of rotatable bonds is 12. The highest BCUT2D eigenvalue weighted by molar-refractivity contribution is 5.99. The van der Waals surface area contributed by atoms with Gasteiger partial charge in [-0.25, -0.2) is 0 Å². The lowest BCUT2D eigenvalue weighted by atomic mass is 10.0. The van der Waals surface area contributed by atoms with E-state index in [1.807, 2.05) is 0 Å². The van der Waals surface area contributed by atoms with Crippen LogP contribution in [0.1, 0.15) is 79.6 Å². The summed E-state index contributed by atoms with van der Waals surface area (Å²) in [5.74, 6) is 0.666. The minimum atomic E-state index is 0.0659. The van der Waals surface area contributed by atoms with E-state index in [0.717, 1.165) is 49.9 Å².